The topological polar surface area (TPSA) is 12.0 Å². The monoisotopic (exact) mass is 267 g/mol. The molecule has 0 aliphatic carbocycles. The molecule has 0 spiro atoms. The highest BCUT2D eigenvalue weighted by molar-refractivity contribution is 9.10. The van der Waals surface area contributed by atoms with Crippen molar-refractivity contribution in [1.82, 2.24) is 0 Å². The molecule has 1 N–H and O–H groups in total. The second kappa shape index (κ2) is 4.21. The number of hydrogen-bond donors (Lipinski definition) is 1. The van der Waals surface area contributed by atoms with Crippen molar-refractivity contribution in [2.75, 3.05) is 11.9 Å². The van der Waals surface area contributed by atoms with Crippen LogP contribution in [0.5, 0.6) is 0 Å². The number of rotatable bonds is 2. The van der Waals surface area contributed by atoms with E-state index in [1.807, 2.05) is 6.92 Å². The fourth-order valence-corrected chi connectivity index (χ4v) is 1.53. The molecule has 0 unspecified atom stereocenters. The Kier molecular flexibility index (Phi) is 3.42. The van der Waals surface area contributed by atoms with Gasteiger partial charge >= 0.3 is 6.18 Å². The van der Waals surface area contributed by atoms with E-state index in [4.69, 9.17) is 0 Å². The van der Waals surface area contributed by atoms with Gasteiger partial charge in [0.15, 0.2) is 0 Å². The smallest absolute Gasteiger partial charge is 0.385 e. The number of halogens is 4. The molecule has 0 saturated carbocycles. The maximum Gasteiger partial charge on any atom is 0.417 e. The summed E-state index contributed by atoms with van der Waals surface area (Å²) in [5, 5.41) is 2.83. The molecule has 1 aromatic carbocycles. The second-order valence-corrected chi connectivity index (χ2v) is 3.58. The fourth-order valence-electron chi connectivity index (χ4n) is 1.06. The van der Waals surface area contributed by atoms with E-state index in [1.165, 1.54) is 6.07 Å². The van der Waals surface area contributed by atoms with E-state index in [-0.39, 0.29) is 4.47 Å². The third kappa shape index (κ3) is 2.64. The Morgan fingerprint density at radius 3 is 2.50 bits per heavy atom. The Labute approximate surface area is 88.4 Å². The van der Waals surface area contributed by atoms with Crippen LogP contribution in [0, 0.1) is 0 Å². The molecule has 0 amide bonds. The van der Waals surface area contributed by atoms with Gasteiger partial charge in [0, 0.05) is 16.7 Å². The van der Waals surface area contributed by atoms with Gasteiger partial charge in [0.1, 0.15) is 0 Å². The van der Waals surface area contributed by atoms with Gasteiger partial charge in [-0.15, -0.1) is 0 Å². The third-order valence-electron chi connectivity index (χ3n) is 1.65. The zero-order valence-corrected chi connectivity index (χ0v) is 9.04. The fraction of sp³-hybridized carbons (Fsp3) is 0.333. The van der Waals surface area contributed by atoms with E-state index in [2.05, 4.69) is 21.2 Å². The van der Waals surface area contributed by atoms with Crippen LogP contribution in [0.2, 0.25) is 0 Å². The molecule has 1 nitrogen and oxygen atoms in total. The van der Waals surface area contributed by atoms with E-state index in [0.29, 0.717) is 12.2 Å². The Bertz CT molecular complexity index is 322. The lowest BCUT2D eigenvalue weighted by Gasteiger charge is -2.11. The average molecular weight is 268 g/mol. The molecule has 78 valence electrons. The standard InChI is InChI=1S/C9H9BrF3N/c1-2-14-6-3-4-8(10)7(5-6)9(11,12)13/h3-5,14H,2H2,1H3. The Balaban J connectivity index is 3.09. The van der Waals surface area contributed by atoms with E-state index < -0.39 is 11.7 Å². The molecular formula is C9H9BrF3N. The van der Waals surface area contributed by atoms with Gasteiger partial charge in [0.25, 0.3) is 0 Å². The van der Waals surface area contributed by atoms with Gasteiger partial charge in [-0.1, -0.05) is 15.9 Å². The summed E-state index contributed by atoms with van der Waals surface area (Å²) in [4.78, 5) is 0. The van der Waals surface area contributed by atoms with Gasteiger partial charge in [-0.25, -0.2) is 0 Å². The van der Waals surface area contributed by atoms with Crippen LogP contribution in [-0.4, -0.2) is 6.54 Å². The predicted molar refractivity (Wildman–Crippen MR) is 53.3 cm³/mol. The second-order valence-electron chi connectivity index (χ2n) is 2.72. The number of benzene rings is 1. The molecule has 0 aromatic heterocycles. The van der Waals surface area contributed by atoms with Crippen molar-refractivity contribution >= 4 is 21.6 Å². The van der Waals surface area contributed by atoms with Gasteiger partial charge in [0.05, 0.1) is 5.56 Å². The minimum absolute atomic E-state index is 0.0617. The quantitative estimate of drug-likeness (QED) is 0.857. The Morgan fingerprint density at radius 2 is 2.00 bits per heavy atom. The van der Waals surface area contributed by atoms with Crippen molar-refractivity contribution in [3.63, 3.8) is 0 Å². The summed E-state index contributed by atoms with van der Waals surface area (Å²) in [6.07, 6.45) is -4.32. The zero-order valence-electron chi connectivity index (χ0n) is 7.45. The molecule has 0 atom stereocenters. The maximum atomic E-state index is 12.4. The van der Waals surface area contributed by atoms with Crippen LogP contribution in [0.3, 0.4) is 0 Å². The summed E-state index contributed by atoms with van der Waals surface area (Å²) < 4.78 is 37.3. The van der Waals surface area contributed by atoms with Crippen molar-refractivity contribution in [1.29, 1.82) is 0 Å². The van der Waals surface area contributed by atoms with Crippen molar-refractivity contribution in [2.24, 2.45) is 0 Å². The summed E-state index contributed by atoms with van der Waals surface area (Å²) in [5.41, 5.74) is -0.182. The zero-order chi connectivity index (χ0) is 10.8. The molecule has 0 aliphatic heterocycles. The van der Waals surface area contributed by atoms with Crippen molar-refractivity contribution in [2.45, 2.75) is 13.1 Å². The molecule has 1 rings (SSSR count). The molecule has 0 aliphatic rings. The molecule has 0 saturated heterocycles. The highest BCUT2D eigenvalue weighted by Gasteiger charge is 2.33. The summed E-state index contributed by atoms with van der Waals surface area (Å²) in [7, 11) is 0. The Morgan fingerprint density at radius 1 is 1.36 bits per heavy atom. The van der Waals surface area contributed by atoms with Crippen LogP contribution in [0.25, 0.3) is 0 Å². The molecular weight excluding hydrogens is 259 g/mol. The largest absolute Gasteiger partial charge is 0.417 e. The molecule has 1 aromatic rings. The first-order chi connectivity index (χ1) is 6.45. The summed E-state index contributed by atoms with van der Waals surface area (Å²) in [6.45, 7) is 2.42. The number of hydrogen-bond acceptors (Lipinski definition) is 1. The van der Waals surface area contributed by atoms with Gasteiger partial charge < -0.3 is 5.32 Å². The highest BCUT2D eigenvalue weighted by atomic mass is 79.9. The molecule has 14 heavy (non-hydrogen) atoms. The predicted octanol–water partition coefficient (Wildman–Crippen LogP) is 3.90. The van der Waals surface area contributed by atoms with E-state index in [0.717, 1.165) is 6.07 Å². The minimum atomic E-state index is -4.32. The SMILES string of the molecule is CCNc1ccc(Br)c(C(F)(F)F)c1. The van der Waals surface area contributed by atoms with Crippen LogP contribution in [0.1, 0.15) is 12.5 Å². The van der Waals surface area contributed by atoms with Gasteiger partial charge in [0.2, 0.25) is 0 Å². The van der Waals surface area contributed by atoms with E-state index in [9.17, 15) is 13.2 Å². The lowest BCUT2D eigenvalue weighted by molar-refractivity contribution is -0.138. The normalized spacial score (nSPS) is 11.5. The average Bonchev–Trinajstić information content (AvgIpc) is 2.07. The first-order valence-corrected chi connectivity index (χ1v) is 4.85. The molecule has 0 heterocycles. The maximum absolute atomic E-state index is 12.4. The van der Waals surface area contributed by atoms with E-state index >= 15 is 0 Å². The molecule has 5 heteroatoms. The van der Waals surface area contributed by atoms with Crippen LogP contribution in [-0.2, 0) is 6.18 Å². The highest BCUT2D eigenvalue weighted by Crippen LogP contribution is 2.36. The first kappa shape index (κ1) is 11.4. The van der Waals surface area contributed by atoms with Crippen molar-refractivity contribution in [3.05, 3.63) is 28.2 Å². The van der Waals surface area contributed by atoms with Crippen LogP contribution < -0.4 is 5.32 Å². The molecule has 0 bridgehead atoms. The van der Waals surface area contributed by atoms with E-state index in [1.54, 1.807) is 6.07 Å². The molecule has 0 fully saturated rings. The minimum Gasteiger partial charge on any atom is -0.385 e. The lowest BCUT2D eigenvalue weighted by Crippen LogP contribution is -2.07. The summed E-state index contributed by atoms with van der Waals surface area (Å²) >= 11 is 2.87. The number of anilines is 1. The van der Waals surface area contributed by atoms with Gasteiger partial charge in [-0.3, -0.25) is 0 Å². The van der Waals surface area contributed by atoms with Crippen LogP contribution in [0.4, 0.5) is 18.9 Å². The van der Waals surface area contributed by atoms with Crippen LogP contribution in [0.15, 0.2) is 22.7 Å². The first-order valence-electron chi connectivity index (χ1n) is 4.05. The lowest BCUT2D eigenvalue weighted by atomic mass is 10.2. The molecule has 0 radical (unpaired) electrons. The Hall–Kier alpha value is -0.710. The summed E-state index contributed by atoms with van der Waals surface area (Å²) in [6, 6.07) is 4.08. The van der Waals surface area contributed by atoms with Gasteiger partial charge in [-0.2, -0.15) is 13.2 Å². The number of nitrogens with one attached hydrogen (secondary N) is 1. The van der Waals surface area contributed by atoms with Crippen LogP contribution >= 0.6 is 15.9 Å². The van der Waals surface area contributed by atoms with Crippen molar-refractivity contribution in [3.8, 4) is 0 Å². The number of alkyl halides is 3. The third-order valence-corrected chi connectivity index (χ3v) is 2.34. The van der Waals surface area contributed by atoms with Gasteiger partial charge in [-0.05, 0) is 25.1 Å². The summed E-state index contributed by atoms with van der Waals surface area (Å²) in [5.74, 6) is 0. The van der Waals surface area contributed by atoms with Crippen molar-refractivity contribution < 1.29 is 13.2 Å².